The zero-order valence-electron chi connectivity index (χ0n) is 21.1. The van der Waals surface area contributed by atoms with E-state index in [1.54, 1.807) is 36.1 Å². The molecule has 0 aromatic heterocycles. The lowest BCUT2D eigenvalue weighted by molar-refractivity contribution is -0.138. The van der Waals surface area contributed by atoms with Crippen molar-refractivity contribution >= 4 is 23.6 Å². The topological polar surface area (TPSA) is 128 Å². The number of amides is 4. The van der Waals surface area contributed by atoms with Gasteiger partial charge < -0.3 is 30.3 Å². The number of nitrogens with one attached hydrogen (secondary N) is 2. The van der Waals surface area contributed by atoms with E-state index >= 15 is 0 Å². The van der Waals surface area contributed by atoms with Gasteiger partial charge in [-0.2, -0.15) is 0 Å². The Bertz CT molecular complexity index is 890. The summed E-state index contributed by atoms with van der Waals surface area (Å²) in [6.45, 7) is 8.53. The molecule has 1 heterocycles. The molecule has 0 spiro atoms. The van der Waals surface area contributed by atoms with Crippen LogP contribution in [0.2, 0.25) is 0 Å². The Labute approximate surface area is 207 Å². The molecule has 10 heteroatoms. The number of aliphatic hydroxyl groups excluding tert-OH is 1. The maximum absolute atomic E-state index is 13.3. The summed E-state index contributed by atoms with van der Waals surface area (Å²) in [5, 5.41) is 14.8. The second-order valence-electron chi connectivity index (χ2n) is 8.88. The number of aliphatic hydroxyl groups is 1. The van der Waals surface area contributed by atoms with Gasteiger partial charge in [0.25, 0.3) is 5.91 Å². The third kappa shape index (κ3) is 7.95. The summed E-state index contributed by atoms with van der Waals surface area (Å²) in [7, 11) is 0. The first-order valence-corrected chi connectivity index (χ1v) is 12.2. The van der Waals surface area contributed by atoms with Crippen molar-refractivity contribution in [2.45, 2.75) is 52.6 Å². The molecule has 194 valence electrons. The average Bonchev–Trinajstić information content (AvgIpc) is 2.83. The molecule has 1 aliphatic rings. The average molecular weight is 491 g/mol. The van der Waals surface area contributed by atoms with Crippen LogP contribution in [0.1, 0.15) is 50.9 Å². The molecule has 0 saturated heterocycles. The van der Waals surface area contributed by atoms with Crippen molar-refractivity contribution in [2.75, 3.05) is 39.4 Å². The zero-order chi connectivity index (χ0) is 26.0. The minimum Gasteiger partial charge on any atom is -0.491 e. The number of benzene rings is 1. The van der Waals surface area contributed by atoms with Gasteiger partial charge in [-0.05, 0) is 38.3 Å². The van der Waals surface area contributed by atoms with Gasteiger partial charge in [0.15, 0.2) is 0 Å². The molecule has 2 rings (SSSR count). The van der Waals surface area contributed by atoms with Gasteiger partial charge in [-0.25, -0.2) is 0 Å². The fourth-order valence-electron chi connectivity index (χ4n) is 4.02. The van der Waals surface area contributed by atoms with Crippen LogP contribution in [0.5, 0.6) is 5.75 Å². The molecule has 1 aliphatic heterocycles. The van der Waals surface area contributed by atoms with Crippen LogP contribution in [0.15, 0.2) is 24.3 Å². The first-order chi connectivity index (χ1) is 16.7. The molecule has 0 fully saturated rings. The third-order valence-corrected chi connectivity index (χ3v) is 5.84. The van der Waals surface area contributed by atoms with E-state index in [0.29, 0.717) is 31.8 Å². The fourth-order valence-corrected chi connectivity index (χ4v) is 4.02. The fraction of sp³-hybridized carbons (Fsp3) is 0.600. The molecule has 0 unspecified atom stereocenters. The largest absolute Gasteiger partial charge is 0.491 e. The van der Waals surface area contributed by atoms with Crippen molar-refractivity contribution in [3.63, 3.8) is 0 Å². The van der Waals surface area contributed by atoms with Crippen LogP contribution < -0.4 is 15.4 Å². The number of likely N-dealkylation sites (N-methyl/N-ethyl adjacent to an activating group) is 2. The van der Waals surface area contributed by atoms with Crippen molar-refractivity contribution in [3.8, 4) is 5.75 Å². The summed E-state index contributed by atoms with van der Waals surface area (Å²) in [5.41, 5.74) is 0.222. The van der Waals surface area contributed by atoms with E-state index < -0.39 is 29.8 Å². The van der Waals surface area contributed by atoms with E-state index in [1.807, 2.05) is 20.8 Å². The molecule has 10 nitrogen and oxygen atoms in total. The van der Waals surface area contributed by atoms with Crippen LogP contribution in [-0.4, -0.2) is 90.0 Å². The summed E-state index contributed by atoms with van der Waals surface area (Å²) in [6, 6.07) is 4.69. The zero-order valence-corrected chi connectivity index (χ0v) is 21.1. The van der Waals surface area contributed by atoms with Crippen LogP contribution in [0.4, 0.5) is 0 Å². The number of nitrogens with zero attached hydrogens (tertiary/aromatic N) is 2. The predicted octanol–water partition coefficient (Wildman–Crippen LogP) is 0.788. The number of ether oxygens (including phenoxy) is 1. The summed E-state index contributed by atoms with van der Waals surface area (Å²) >= 11 is 0. The van der Waals surface area contributed by atoms with Gasteiger partial charge in [-0.3, -0.25) is 19.2 Å². The molecule has 4 amide bonds. The summed E-state index contributed by atoms with van der Waals surface area (Å²) in [4.78, 5) is 55.6. The van der Waals surface area contributed by atoms with Crippen molar-refractivity contribution in [3.05, 3.63) is 29.8 Å². The Morgan fingerprint density at radius 3 is 2.54 bits per heavy atom. The molecule has 35 heavy (non-hydrogen) atoms. The predicted molar refractivity (Wildman–Crippen MR) is 131 cm³/mol. The highest BCUT2D eigenvalue weighted by atomic mass is 16.5. The van der Waals surface area contributed by atoms with E-state index in [-0.39, 0.29) is 43.6 Å². The Hall–Kier alpha value is -3.14. The number of carbonyl (C=O) groups excluding carboxylic acids is 4. The van der Waals surface area contributed by atoms with Gasteiger partial charge in [0.1, 0.15) is 24.4 Å². The minimum atomic E-state index is -1.18. The lowest BCUT2D eigenvalue weighted by Crippen LogP contribution is -2.54. The number of fused-ring (bicyclic) bond motifs is 1. The third-order valence-electron chi connectivity index (χ3n) is 5.84. The van der Waals surface area contributed by atoms with Crippen molar-refractivity contribution in [1.82, 2.24) is 20.4 Å². The summed E-state index contributed by atoms with van der Waals surface area (Å²) < 4.78 is 5.85. The van der Waals surface area contributed by atoms with Gasteiger partial charge in [0.05, 0.1) is 25.1 Å². The standard InChI is InChI=1S/C25H38N4O6/c1-5-28(11-13-30)25(34)20-16-22(31)26-19(15-17(3)4)24(33)29(6-2)12-14-35-21-10-8-7-9-18(21)23(32)27-20/h7-10,17,19-20,30H,5-6,11-16H2,1-4H3,(H,26,31)(H,27,32)/t19-,20-/m0/s1. The van der Waals surface area contributed by atoms with E-state index in [4.69, 9.17) is 4.74 Å². The molecular weight excluding hydrogens is 452 g/mol. The quantitative estimate of drug-likeness (QED) is 0.518. The van der Waals surface area contributed by atoms with Crippen molar-refractivity contribution in [2.24, 2.45) is 5.92 Å². The highest BCUT2D eigenvalue weighted by molar-refractivity contribution is 6.01. The molecule has 2 atom stereocenters. The molecule has 0 bridgehead atoms. The molecule has 1 aromatic rings. The maximum Gasteiger partial charge on any atom is 0.255 e. The first kappa shape index (κ1) is 28.1. The van der Waals surface area contributed by atoms with Crippen LogP contribution in [0, 0.1) is 5.92 Å². The lowest BCUT2D eigenvalue weighted by Gasteiger charge is -2.30. The van der Waals surface area contributed by atoms with Gasteiger partial charge >= 0.3 is 0 Å². The Morgan fingerprint density at radius 2 is 1.91 bits per heavy atom. The normalized spacial score (nSPS) is 19.8. The van der Waals surface area contributed by atoms with Crippen LogP contribution >= 0.6 is 0 Å². The van der Waals surface area contributed by atoms with Crippen LogP contribution in [-0.2, 0) is 14.4 Å². The number of rotatable bonds is 7. The highest BCUT2D eigenvalue weighted by Gasteiger charge is 2.32. The smallest absolute Gasteiger partial charge is 0.255 e. The van der Waals surface area contributed by atoms with Gasteiger partial charge in [-0.1, -0.05) is 26.0 Å². The Balaban J connectivity index is 2.45. The second kappa shape index (κ2) is 13.7. The Morgan fingerprint density at radius 1 is 1.20 bits per heavy atom. The van der Waals surface area contributed by atoms with Crippen LogP contribution in [0.3, 0.4) is 0 Å². The Kier molecular flexibility index (Phi) is 11.0. The number of para-hydroxylation sites is 1. The molecule has 1 aromatic carbocycles. The number of hydrogen-bond donors (Lipinski definition) is 3. The van der Waals surface area contributed by atoms with E-state index in [9.17, 15) is 24.3 Å². The molecular formula is C25H38N4O6. The monoisotopic (exact) mass is 490 g/mol. The summed E-state index contributed by atoms with van der Waals surface area (Å²) in [6.07, 6.45) is 0.0882. The van der Waals surface area contributed by atoms with E-state index in [2.05, 4.69) is 10.6 Å². The summed E-state index contributed by atoms with van der Waals surface area (Å²) in [5.74, 6) is -1.31. The second-order valence-corrected chi connectivity index (χ2v) is 8.88. The SMILES string of the molecule is CCN1CCOc2ccccc2C(=O)N[C@H](C(=O)N(CC)CCO)CC(=O)N[C@@H](CC(C)C)C1=O. The van der Waals surface area contributed by atoms with Crippen molar-refractivity contribution < 1.29 is 29.0 Å². The number of carbonyl (C=O) groups is 4. The highest BCUT2D eigenvalue weighted by Crippen LogP contribution is 2.19. The van der Waals surface area contributed by atoms with Gasteiger partial charge in [0, 0.05) is 19.6 Å². The first-order valence-electron chi connectivity index (χ1n) is 12.2. The molecule has 0 saturated carbocycles. The minimum absolute atomic E-state index is 0.0724. The number of hydrogen-bond acceptors (Lipinski definition) is 6. The molecule has 0 radical (unpaired) electrons. The van der Waals surface area contributed by atoms with E-state index in [1.165, 1.54) is 4.90 Å². The van der Waals surface area contributed by atoms with Gasteiger partial charge in [0.2, 0.25) is 17.7 Å². The molecule has 3 N–H and O–H groups in total. The van der Waals surface area contributed by atoms with Gasteiger partial charge in [-0.15, -0.1) is 0 Å². The van der Waals surface area contributed by atoms with Crippen LogP contribution in [0.25, 0.3) is 0 Å². The lowest BCUT2D eigenvalue weighted by atomic mass is 10.0. The molecule has 0 aliphatic carbocycles. The van der Waals surface area contributed by atoms with E-state index in [0.717, 1.165) is 0 Å². The van der Waals surface area contributed by atoms with Crippen molar-refractivity contribution in [1.29, 1.82) is 0 Å². The maximum atomic E-state index is 13.3.